The fourth-order valence-corrected chi connectivity index (χ4v) is 2.21. The Morgan fingerprint density at radius 2 is 2.15 bits per heavy atom. The van der Waals surface area contributed by atoms with Crippen LogP contribution >= 0.6 is 0 Å². The normalized spacial score (nSPS) is 13.7. The number of carbonyl (C=O) groups is 1. The van der Waals surface area contributed by atoms with Crippen molar-refractivity contribution < 1.29 is 14.6 Å². The molecule has 1 aliphatic heterocycles. The molecule has 20 heavy (non-hydrogen) atoms. The summed E-state index contributed by atoms with van der Waals surface area (Å²) in [5.74, 6) is -0.179. The van der Waals surface area contributed by atoms with E-state index in [-0.39, 0.29) is 0 Å². The van der Waals surface area contributed by atoms with Crippen LogP contribution in [0.5, 0.6) is 5.75 Å². The van der Waals surface area contributed by atoms with Crippen LogP contribution in [0.1, 0.15) is 12.0 Å². The van der Waals surface area contributed by atoms with Crippen molar-refractivity contribution in [2.45, 2.75) is 6.42 Å². The van der Waals surface area contributed by atoms with Crippen LogP contribution in [0, 0.1) is 0 Å². The number of carboxylic acid groups (broad SMARTS) is 1. The second kappa shape index (κ2) is 5.17. The number of nitrogens with zero attached hydrogens (tertiary/aromatic N) is 1. The predicted octanol–water partition coefficient (Wildman–Crippen LogP) is 3.00. The van der Waals surface area contributed by atoms with E-state index < -0.39 is 5.97 Å². The third-order valence-corrected chi connectivity index (χ3v) is 3.24. The summed E-state index contributed by atoms with van der Waals surface area (Å²) in [6, 6.07) is 9.60. The van der Waals surface area contributed by atoms with Gasteiger partial charge in [0.25, 0.3) is 0 Å². The molecule has 0 unspecified atom stereocenters. The molecule has 2 heterocycles. The molecule has 1 aromatic heterocycles. The summed E-state index contributed by atoms with van der Waals surface area (Å²) >= 11 is 0. The molecule has 0 aliphatic carbocycles. The Bertz CT molecular complexity index is 677. The molecule has 1 N–H and O–H groups in total. The quantitative estimate of drug-likeness (QED) is 0.908. The van der Waals surface area contributed by atoms with E-state index in [0.29, 0.717) is 24.4 Å². The maximum Gasteiger partial charge on any atom is 0.331 e. The molecule has 0 atom stereocenters. The fraction of sp³-hybridized carbons (Fsp3) is 0.125. The first-order chi connectivity index (χ1) is 9.74. The molecule has 1 aliphatic rings. The van der Waals surface area contributed by atoms with Gasteiger partial charge in [-0.2, -0.15) is 0 Å². The average molecular weight is 267 g/mol. The number of carboxylic acids is 1. The Kier molecular flexibility index (Phi) is 3.21. The standard InChI is InChI=1S/C16H13NO3/c18-16(19)12-5-7-20-15-4-3-11(8-14(15)9-12)13-2-1-6-17-10-13/h1-4,6,8-10H,5,7H2,(H,18,19). The molecule has 3 rings (SSSR count). The molecule has 4 heteroatoms. The predicted molar refractivity (Wildman–Crippen MR) is 75.4 cm³/mol. The number of fused-ring (bicyclic) bond motifs is 1. The molecule has 2 aromatic rings. The molecule has 0 amide bonds. The molecule has 0 saturated carbocycles. The summed E-state index contributed by atoms with van der Waals surface area (Å²) in [6.07, 6.45) is 5.59. The van der Waals surface area contributed by atoms with Crippen LogP contribution in [0.2, 0.25) is 0 Å². The summed E-state index contributed by atoms with van der Waals surface area (Å²) in [5, 5.41) is 9.14. The van der Waals surface area contributed by atoms with Crippen LogP contribution in [-0.4, -0.2) is 22.7 Å². The SMILES string of the molecule is O=C(O)C1=Cc2cc(-c3cccnc3)ccc2OCC1. The summed E-state index contributed by atoms with van der Waals surface area (Å²) in [7, 11) is 0. The van der Waals surface area contributed by atoms with Crippen LogP contribution in [0.4, 0.5) is 0 Å². The smallest absolute Gasteiger partial charge is 0.331 e. The van der Waals surface area contributed by atoms with Gasteiger partial charge < -0.3 is 9.84 Å². The van der Waals surface area contributed by atoms with Gasteiger partial charge in [0.2, 0.25) is 0 Å². The number of hydrogen-bond acceptors (Lipinski definition) is 3. The van der Waals surface area contributed by atoms with E-state index in [9.17, 15) is 4.79 Å². The summed E-state index contributed by atoms with van der Waals surface area (Å²) in [5.41, 5.74) is 3.14. The van der Waals surface area contributed by atoms with Crippen molar-refractivity contribution in [1.82, 2.24) is 4.98 Å². The van der Waals surface area contributed by atoms with Gasteiger partial charge in [-0.1, -0.05) is 12.1 Å². The number of hydrogen-bond donors (Lipinski definition) is 1. The zero-order valence-electron chi connectivity index (χ0n) is 10.7. The number of benzene rings is 1. The third kappa shape index (κ3) is 2.40. The fourth-order valence-electron chi connectivity index (χ4n) is 2.21. The van der Waals surface area contributed by atoms with E-state index in [1.54, 1.807) is 18.5 Å². The largest absolute Gasteiger partial charge is 0.493 e. The van der Waals surface area contributed by atoms with E-state index >= 15 is 0 Å². The monoisotopic (exact) mass is 267 g/mol. The lowest BCUT2D eigenvalue weighted by Gasteiger charge is -2.08. The van der Waals surface area contributed by atoms with Crippen LogP contribution < -0.4 is 4.74 Å². The topological polar surface area (TPSA) is 59.4 Å². The van der Waals surface area contributed by atoms with Crippen molar-refractivity contribution >= 4 is 12.0 Å². The molecule has 0 bridgehead atoms. The first-order valence-electron chi connectivity index (χ1n) is 6.35. The van der Waals surface area contributed by atoms with E-state index in [2.05, 4.69) is 4.98 Å². The Morgan fingerprint density at radius 3 is 2.90 bits per heavy atom. The second-order valence-electron chi connectivity index (χ2n) is 4.57. The Balaban J connectivity index is 2.07. The van der Waals surface area contributed by atoms with Gasteiger partial charge in [-0.05, 0) is 29.8 Å². The first kappa shape index (κ1) is 12.4. The number of ether oxygens (including phenoxy) is 1. The Morgan fingerprint density at radius 1 is 1.25 bits per heavy atom. The van der Waals surface area contributed by atoms with Gasteiger partial charge in [0.15, 0.2) is 0 Å². The van der Waals surface area contributed by atoms with Gasteiger partial charge in [-0.3, -0.25) is 4.98 Å². The van der Waals surface area contributed by atoms with Crippen molar-refractivity contribution in [3.63, 3.8) is 0 Å². The van der Waals surface area contributed by atoms with Crippen LogP contribution in [0.15, 0.2) is 48.3 Å². The molecule has 0 saturated heterocycles. The van der Waals surface area contributed by atoms with Crippen molar-refractivity contribution in [2.24, 2.45) is 0 Å². The van der Waals surface area contributed by atoms with E-state index in [1.807, 2.05) is 30.3 Å². The van der Waals surface area contributed by atoms with Crippen molar-refractivity contribution in [3.8, 4) is 16.9 Å². The van der Waals surface area contributed by atoms with Crippen molar-refractivity contribution in [2.75, 3.05) is 6.61 Å². The maximum absolute atomic E-state index is 11.1. The molecule has 0 spiro atoms. The molecule has 4 nitrogen and oxygen atoms in total. The summed E-state index contributed by atoms with van der Waals surface area (Å²) < 4.78 is 5.59. The Hall–Kier alpha value is -2.62. The zero-order chi connectivity index (χ0) is 13.9. The Labute approximate surface area is 116 Å². The number of rotatable bonds is 2. The number of pyridine rings is 1. The van der Waals surface area contributed by atoms with Gasteiger partial charge in [-0.25, -0.2) is 4.79 Å². The lowest BCUT2D eigenvalue weighted by molar-refractivity contribution is -0.132. The van der Waals surface area contributed by atoms with E-state index in [1.165, 1.54) is 0 Å². The van der Waals surface area contributed by atoms with Crippen LogP contribution in [0.3, 0.4) is 0 Å². The summed E-state index contributed by atoms with van der Waals surface area (Å²) in [6.45, 7) is 0.386. The maximum atomic E-state index is 11.1. The second-order valence-corrected chi connectivity index (χ2v) is 4.57. The van der Waals surface area contributed by atoms with Crippen molar-refractivity contribution in [3.05, 3.63) is 53.9 Å². The van der Waals surface area contributed by atoms with Gasteiger partial charge in [0, 0.05) is 35.5 Å². The number of aliphatic carboxylic acids is 1. The van der Waals surface area contributed by atoms with Gasteiger partial charge in [0.05, 0.1) is 6.61 Å². The van der Waals surface area contributed by atoms with Crippen molar-refractivity contribution in [1.29, 1.82) is 0 Å². The highest BCUT2D eigenvalue weighted by atomic mass is 16.5. The minimum atomic E-state index is -0.895. The lowest BCUT2D eigenvalue weighted by Crippen LogP contribution is -2.03. The number of aromatic nitrogens is 1. The van der Waals surface area contributed by atoms with Crippen LogP contribution in [-0.2, 0) is 4.79 Å². The van der Waals surface area contributed by atoms with Gasteiger partial charge in [-0.15, -0.1) is 0 Å². The highest BCUT2D eigenvalue weighted by Crippen LogP contribution is 2.30. The zero-order valence-corrected chi connectivity index (χ0v) is 10.7. The average Bonchev–Trinajstić information content (AvgIpc) is 2.69. The minimum Gasteiger partial charge on any atom is -0.493 e. The molecule has 0 radical (unpaired) electrons. The van der Waals surface area contributed by atoms with Crippen LogP contribution in [0.25, 0.3) is 17.2 Å². The van der Waals surface area contributed by atoms with Gasteiger partial charge in [0.1, 0.15) is 5.75 Å². The highest BCUT2D eigenvalue weighted by molar-refractivity contribution is 5.93. The molecular formula is C16H13NO3. The minimum absolute atomic E-state index is 0.368. The highest BCUT2D eigenvalue weighted by Gasteiger charge is 2.15. The molecule has 1 aromatic carbocycles. The summed E-state index contributed by atoms with van der Waals surface area (Å²) in [4.78, 5) is 15.2. The lowest BCUT2D eigenvalue weighted by atomic mass is 10.0. The van der Waals surface area contributed by atoms with E-state index in [4.69, 9.17) is 9.84 Å². The first-order valence-corrected chi connectivity index (χ1v) is 6.35. The van der Waals surface area contributed by atoms with E-state index in [0.717, 1.165) is 16.7 Å². The molecule has 100 valence electrons. The third-order valence-electron chi connectivity index (χ3n) is 3.24. The van der Waals surface area contributed by atoms with Gasteiger partial charge >= 0.3 is 5.97 Å². The molecular weight excluding hydrogens is 254 g/mol. The molecule has 0 fully saturated rings.